The first-order valence-corrected chi connectivity index (χ1v) is 9.65. The fourth-order valence-corrected chi connectivity index (χ4v) is 4.86. The van der Waals surface area contributed by atoms with Crippen molar-refractivity contribution in [1.82, 2.24) is 9.38 Å². The molecule has 0 saturated heterocycles. The van der Waals surface area contributed by atoms with E-state index in [1.165, 1.54) is 0 Å². The highest BCUT2D eigenvalue weighted by Gasteiger charge is 2.20. The van der Waals surface area contributed by atoms with E-state index >= 15 is 0 Å². The lowest BCUT2D eigenvalue weighted by molar-refractivity contribution is 1.18. The molecule has 0 saturated carbocycles. The highest BCUT2D eigenvalue weighted by molar-refractivity contribution is 9.11. The van der Waals surface area contributed by atoms with Gasteiger partial charge in [-0.25, -0.2) is 4.98 Å². The molecule has 0 bridgehead atoms. The summed E-state index contributed by atoms with van der Waals surface area (Å²) in [6, 6.07) is 10.9. The molecule has 5 aromatic rings. The van der Waals surface area contributed by atoms with Gasteiger partial charge >= 0.3 is 0 Å². The van der Waals surface area contributed by atoms with Crippen molar-refractivity contribution in [3.8, 4) is 0 Å². The summed E-state index contributed by atoms with van der Waals surface area (Å²) >= 11 is 19.8. The highest BCUT2D eigenvalue weighted by Crippen LogP contribution is 2.39. The fraction of sp³-hybridized carbons (Fsp3) is 0. The van der Waals surface area contributed by atoms with Gasteiger partial charge in [-0.05, 0) is 68.3 Å². The van der Waals surface area contributed by atoms with Crippen LogP contribution < -0.4 is 5.56 Å². The number of halogens is 4. The minimum atomic E-state index is -0.146. The zero-order chi connectivity index (χ0) is 17.5. The minimum absolute atomic E-state index is 0.146. The first-order valence-electron chi connectivity index (χ1n) is 7.31. The summed E-state index contributed by atoms with van der Waals surface area (Å²) in [7, 11) is 0. The van der Waals surface area contributed by atoms with Crippen LogP contribution in [0.15, 0.2) is 50.1 Å². The first-order chi connectivity index (χ1) is 12.0. The standard InChI is InChI=1S/C18H6Br2Cl2N2O/c19-9-3-4-10(20)16-15(9)23-17-7-1-5-11(21)14-12(22)6-2-8(13(7)14)18(25)24(16)17/h1-6H. The van der Waals surface area contributed by atoms with Gasteiger partial charge in [0.05, 0.1) is 5.52 Å². The van der Waals surface area contributed by atoms with Gasteiger partial charge in [0.15, 0.2) is 0 Å². The molecule has 0 radical (unpaired) electrons. The highest BCUT2D eigenvalue weighted by atomic mass is 79.9. The van der Waals surface area contributed by atoms with Crippen molar-refractivity contribution in [3.63, 3.8) is 0 Å². The number of hydrogen-bond acceptors (Lipinski definition) is 2. The Labute approximate surface area is 167 Å². The topological polar surface area (TPSA) is 34.4 Å². The molecule has 0 aliphatic heterocycles. The normalized spacial score (nSPS) is 12.2. The van der Waals surface area contributed by atoms with Crippen LogP contribution in [0, 0.1) is 0 Å². The van der Waals surface area contributed by atoms with Gasteiger partial charge in [-0.1, -0.05) is 23.2 Å². The van der Waals surface area contributed by atoms with E-state index < -0.39 is 0 Å². The summed E-state index contributed by atoms with van der Waals surface area (Å²) in [6.07, 6.45) is 0. The van der Waals surface area contributed by atoms with Crippen molar-refractivity contribution < 1.29 is 0 Å². The van der Waals surface area contributed by atoms with E-state index in [9.17, 15) is 4.79 Å². The summed E-state index contributed by atoms with van der Waals surface area (Å²) in [4.78, 5) is 18.0. The number of rotatable bonds is 0. The third-order valence-corrected chi connectivity index (χ3v) is 6.35. The van der Waals surface area contributed by atoms with E-state index in [4.69, 9.17) is 28.2 Å². The van der Waals surface area contributed by atoms with E-state index in [0.29, 0.717) is 26.5 Å². The Kier molecular flexibility index (Phi) is 3.36. The lowest BCUT2D eigenvalue weighted by Gasteiger charge is -2.10. The molecule has 0 aliphatic carbocycles. The van der Waals surface area contributed by atoms with Gasteiger partial charge in [-0.3, -0.25) is 9.20 Å². The Morgan fingerprint density at radius 2 is 1.48 bits per heavy atom. The lowest BCUT2D eigenvalue weighted by atomic mass is 10.0. The Morgan fingerprint density at radius 3 is 2.20 bits per heavy atom. The molecule has 0 spiro atoms. The maximum atomic E-state index is 13.3. The molecule has 2 aromatic heterocycles. The number of fused-ring (bicyclic) bond motifs is 4. The van der Waals surface area contributed by atoms with E-state index in [0.717, 1.165) is 30.8 Å². The first kappa shape index (κ1) is 15.8. The van der Waals surface area contributed by atoms with Gasteiger partial charge in [0.1, 0.15) is 11.2 Å². The molecular formula is C18H6Br2Cl2N2O. The predicted octanol–water partition coefficient (Wildman–Crippen LogP) is 6.42. The van der Waals surface area contributed by atoms with Crippen molar-refractivity contribution in [3.05, 3.63) is 65.7 Å². The quantitative estimate of drug-likeness (QED) is 0.248. The Bertz CT molecular complexity index is 1400. The van der Waals surface area contributed by atoms with Gasteiger partial charge < -0.3 is 0 Å². The third kappa shape index (κ3) is 1.98. The second-order valence-electron chi connectivity index (χ2n) is 5.74. The minimum Gasteiger partial charge on any atom is -0.268 e. The second-order valence-corrected chi connectivity index (χ2v) is 8.27. The number of hydrogen-bond donors (Lipinski definition) is 0. The SMILES string of the molecule is O=c1c2ccc(Cl)c3c(Cl)ccc(c32)c2nc3c(Br)ccc(Br)c3n12. The molecule has 5 rings (SSSR count). The molecule has 0 aliphatic rings. The van der Waals surface area contributed by atoms with E-state index in [1.54, 1.807) is 22.6 Å². The molecular weight excluding hydrogens is 491 g/mol. The van der Waals surface area contributed by atoms with Crippen LogP contribution in [0.5, 0.6) is 0 Å². The fourth-order valence-electron chi connectivity index (χ4n) is 3.39. The molecule has 0 atom stereocenters. The maximum Gasteiger partial charge on any atom is 0.264 e. The number of imidazole rings is 1. The molecule has 7 heteroatoms. The number of nitrogens with zero attached hydrogens (tertiary/aromatic N) is 2. The molecule has 0 fully saturated rings. The molecule has 3 aromatic carbocycles. The zero-order valence-electron chi connectivity index (χ0n) is 12.3. The Hall–Kier alpha value is -1.40. The lowest BCUT2D eigenvalue weighted by Crippen LogP contribution is -2.13. The van der Waals surface area contributed by atoms with E-state index in [1.807, 2.05) is 18.2 Å². The second kappa shape index (κ2) is 5.30. The van der Waals surface area contributed by atoms with Gasteiger partial charge in [0.2, 0.25) is 0 Å². The van der Waals surface area contributed by atoms with E-state index in [2.05, 4.69) is 31.9 Å². The van der Waals surface area contributed by atoms with Crippen molar-refractivity contribution in [1.29, 1.82) is 0 Å². The van der Waals surface area contributed by atoms with Crippen LogP contribution in [0.3, 0.4) is 0 Å². The summed E-state index contributed by atoms with van der Waals surface area (Å²) in [5.41, 5.74) is 1.90. The molecule has 0 N–H and O–H groups in total. The van der Waals surface area contributed by atoms with Crippen molar-refractivity contribution in [2.45, 2.75) is 0 Å². The monoisotopic (exact) mass is 494 g/mol. The molecule has 2 heterocycles. The maximum absolute atomic E-state index is 13.3. The predicted molar refractivity (Wildman–Crippen MR) is 111 cm³/mol. The average Bonchev–Trinajstić information content (AvgIpc) is 3.00. The van der Waals surface area contributed by atoms with Gasteiger partial charge in [0, 0.05) is 40.5 Å². The summed E-state index contributed by atoms with van der Waals surface area (Å²) in [5, 5.41) is 3.88. The van der Waals surface area contributed by atoms with E-state index in [-0.39, 0.29) is 5.56 Å². The smallest absolute Gasteiger partial charge is 0.264 e. The number of benzene rings is 3. The molecule has 3 nitrogen and oxygen atoms in total. The number of pyridine rings is 1. The number of aromatic nitrogens is 2. The molecule has 122 valence electrons. The van der Waals surface area contributed by atoms with Crippen LogP contribution in [0.2, 0.25) is 10.0 Å². The third-order valence-electron chi connectivity index (χ3n) is 4.44. The Balaban J connectivity index is 2.24. The zero-order valence-corrected chi connectivity index (χ0v) is 17.0. The van der Waals surface area contributed by atoms with Crippen LogP contribution >= 0.6 is 55.1 Å². The van der Waals surface area contributed by atoms with Crippen molar-refractivity contribution in [2.75, 3.05) is 0 Å². The Morgan fingerprint density at radius 1 is 0.840 bits per heavy atom. The molecule has 0 amide bonds. The average molecular weight is 497 g/mol. The largest absolute Gasteiger partial charge is 0.268 e. The molecule has 0 unspecified atom stereocenters. The van der Waals surface area contributed by atoms with Gasteiger partial charge in [-0.15, -0.1) is 0 Å². The van der Waals surface area contributed by atoms with Crippen LogP contribution in [0.1, 0.15) is 0 Å². The van der Waals surface area contributed by atoms with Gasteiger partial charge in [-0.2, -0.15) is 0 Å². The van der Waals surface area contributed by atoms with Crippen LogP contribution in [0.4, 0.5) is 0 Å². The van der Waals surface area contributed by atoms with Crippen molar-refractivity contribution >= 4 is 93.3 Å². The van der Waals surface area contributed by atoms with Crippen LogP contribution in [0.25, 0.3) is 38.2 Å². The van der Waals surface area contributed by atoms with Crippen molar-refractivity contribution in [2.24, 2.45) is 0 Å². The van der Waals surface area contributed by atoms with Gasteiger partial charge in [0.25, 0.3) is 5.56 Å². The molecule has 25 heavy (non-hydrogen) atoms. The summed E-state index contributed by atoms with van der Waals surface area (Å²) < 4.78 is 3.27. The van der Waals surface area contributed by atoms with Crippen LogP contribution in [-0.4, -0.2) is 9.38 Å². The van der Waals surface area contributed by atoms with Crippen LogP contribution in [-0.2, 0) is 0 Å². The summed E-state index contributed by atoms with van der Waals surface area (Å²) in [5.74, 6) is 0. The summed E-state index contributed by atoms with van der Waals surface area (Å²) in [6.45, 7) is 0.